The Morgan fingerprint density at radius 2 is 2.27 bits per heavy atom. The van der Waals surface area contributed by atoms with Gasteiger partial charge in [0.25, 0.3) is 0 Å². The molecule has 2 aromatic rings. The van der Waals surface area contributed by atoms with E-state index in [9.17, 15) is 0 Å². The molecule has 0 aliphatic heterocycles. The first-order chi connectivity index (χ1) is 7.38. The lowest BCUT2D eigenvalue weighted by molar-refractivity contribution is 1.04. The van der Waals surface area contributed by atoms with Crippen LogP contribution in [-0.2, 0) is 13.0 Å². The van der Waals surface area contributed by atoms with Gasteiger partial charge in [0.15, 0.2) is 5.13 Å². The van der Waals surface area contributed by atoms with Crippen LogP contribution >= 0.6 is 11.3 Å². The summed E-state index contributed by atoms with van der Waals surface area (Å²) in [4.78, 5) is 9.82. The number of rotatable bonds is 4. The van der Waals surface area contributed by atoms with Crippen molar-refractivity contribution in [3.63, 3.8) is 0 Å². The van der Waals surface area contributed by atoms with E-state index in [1.54, 1.807) is 17.5 Å². The average molecular weight is 219 g/mol. The molecule has 0 radical (unpaired) electrons. The first-order valence-corrected chi connectivity index (χ1v) is 5.78. The van der Waals surface area contributed by atoms with Crippen LogP contribution in [0, 0.1) is 0 Å². The molecule has 0 fully saturated rings. The Labute approximate surface area is 93.2 Å². The minimum absolute atomic E-state index is 0.734. The molecule has 0 saturated carbocycles. The molecule has 0 bridgehead atoms. The van der Waals surface area contributed by atoms with Crippen molar-refractivity contribution in [1.82, 2.24) is 9.97 Å². The van der Waals surface area contributed by atoms with E-state index in [4.69, 9.17) is 0 Å². The summed E-state index contributed by atoms with van der Waals surface area (Å²) in [6.45, 7) is 2.87. The van der Waals surface area contributed by atoms with Gasteiger partial charge in [-0.3, -0.25) is 4.98 Å². The highest BCUT2D eigenvalue weighted by Crippen LogP contribution is 2.18. The Hall–Kier alpha value is -1.42. The van der Waals surface area contributed by atoms with Crippen LogP contribution in [0.5, 0.6) is 0 Å². The van der Waals surface area contributed by atoms with Crippen LogP contribution in [0.4, 0.5) is 5.13 Å². The van der Waals surface area contributed by atoms with Gasteiger partial charge in [0.05, 0.1) is 12.2 Å². The number of pyridine rings is 1. The number of thiazole rings is 1. The third kappa shape index (κ3) is 2.76. The summed E-state index contributed by atoms with van der Waals surface area (Å²) in [5.41, 5.74) is 1.03. The lowest BCUT2D eigenvalue weighted by Crippen LogP contribution is -2.00. The lowest BCUT2D eigenvalue weighted by Gasteiger charge is -2.00. The van der Waals surface area contributed by atoms with E-state index in [-0.39, 0.29) is 0 Å². The Kier molecular flexibility index (Phi) is 3.29. The molecule has 3 nitrogen and oxygen atoms in total. The molecule has 2 heterocycles. The van der Waals surface area contributed by atoms with Gasteiger partial charge in [-0.05, 0) is 18.6 Å². The lowest BCUT2D eigenvalue weighted by atomic mass is 10.3. The summed E-state index contributed by atoms with van der Waals surface area (Å²) < 4.78 is 0. The minimum Gasteiger partial charge on any atom is -0.356 e. The van der Waals surface area contributed by atoms with E-state index >= 15 is 0 Å². The molecule has 0 saturated heterocycles. The number of anilines is 1. The molecule has 0 unspecified atom stereocenters. The second kappa shape index (κ2) is 4.89. The molecule has 1 N–H and O–H groups in total. The van der Waals surface area contributed by atoms with E-state index in [1.807, 2.05) is 24.4 Å². The number of nitrogens with zero attached hydrogens (tertiary/aromatic N) is 2. The van der Waals surface area contributed by atoms with Crippen LogP contribution in [0.15, 0.2) is 30.6 Å². The first kappa shape index (κ1) is 10.1. The summed E-state index contributed by atoms with van der Waals surface area (Å²) in [5.74, 6) is 0. The average Bonchev–Trinajstić information content (AvgIpc) is 2.76. The molecule has 78 valence electrons. The Balaban J connectivity index is 1.93. The van der Waals surface area contributed by atoms with Crippen LogP contribution in [0.1, 0.15) is 17.5 Å². The van der Waals surface area contributed by atoms with E-state index in [2.05, 4.69) is 22.2 Å². The van der Waals surface area contributed by atoms with Gasteiger partial charge >= 0.3 is 0 Å². The van der Waals surface area contributed by atoms with Crippen molar-refractivity contribution in [2.75, 3.05) is 5.32 Å². The van der Waals surface area contributed by atoms with Crippen LogP contribution in [0.25, 0.3) is 0 Å². The number of hydrogen-bond acceptors (Lipinski definition) is 4. The quantitative estimate of drug-likeness (QED) is 0.859. The molecular formula is C11H13N3S. The van der Waals surface area contributed by atoms with Crippen molar-refractivity contribution >= 4 is 16.5 Å². The maximum Gasteiger partial charge on any atom is 0.183 e. The highest BCUT2D eigenvalue weighted by molar-refractivity contribution is 7.15. The topological polar surface area (TPSA) is 37.8 Å². The van der Waals surface area contributed by atoms with Gasteiger partial charge in [-0.1, -0.05) is 13.0 Å². The maximum absolute atomic E-state index is 4.28. The van der Waals surface area contributed by atoms with E-state index in [1.165, 1.54) is 4.88 Å². The summed E-state index contributed by atoms with van der Waals surface area (Å²) in [5, 5.41) is 4.23. The molecule has 0 aliphatic carbocycles. The van der Waals surface area contributed by atoms with Crippen LogP contribution in [0.3, 0.4) is 0 Å². The van der Waals surface area contributed by atoms with Crippen molar-refractivity contribution in [3.8, 4) is 0 Å². The second-order valence-corrected chi connectivity index (χ2v) is 4.28. The van der Waals surface area contributed by atoms with Crippen LogP contribution in [0.2, 0.25) is 0 Å². The molecule has 15 heavy (non-hydrogen) atoms. The molecule has 4 heteroatoms. The molecule has 0 atom stereocenters. The van der Waals surface area contributed by atoms with E-state index < -0.39 is 0 Å². The number of aromatic nitrogens is 2. The number of nitrogens with one attached hydrogen (secondary N) is 1. The molecule has 0 aliphatic rings. The SMILES string of the molecule is CCc1cnc(NCc2ccccn2)s1. The minimum atomic E-state index is 0.734. The predicted molar refractivity (Wildman–Crippen MR) is 63.1 cm³/mol. The van der Waals surface area contributed by atoms with E-state index in [0.717, 1.165) is 23.8 Å². The largest absolute Gasteiger partial charge is 0.356 e. The van der Waals surface area contributed by atoms with E-state index in [0.29, 0.717) is 0 Å². The molecule has 2 aromatic heterocycles. The summed E-state index contributed by atoms with van der Waals surface area (Å²) in [6.07, 6.45) is 4.77. The zero-order chi connectivity index (χ0) is 10.5. The molecule has 0 amide bonds. The number of aryl methyl sites for hydroxylation is 1. The highest BCUT2D eigenvalue weighted by Gasteiger charge is 1.99. The fourth-order valence-corrected chi connectivity index (χ4v) is 1.97. The predicted octanol–water partition coefficient (Wildman–Crippen LogP) is 2.71. The van der Waals surface area contributed by atoms with Crippen LogP contribution < -0.4 is 5.32 Å². The zero-order valence-electron chi connectivity index (χ0n) is 8.60. The van der Waals surface area contributed by atoms with Gasteiger partial charge in [-0.15, -0.1) is 11.3 Å². The molecule has 0 aromatic carbocycles. The van der Waals surface area contributed by atoms with Gasteiger partial charge in [-0.25, -0.2) is 4.98 Å². The van der Waals surface area contributed by atoms with Gasteiger partial charge in [0.1, 0.15) is 0 Å². The number of hydrogen-bond donors (Lipinski definition) is 1. The first-order valence-electron chi connectivity index (χ1n) is 4.97. The van der Waals surface area contributed by atoms with Gasteiger partial charge in [-0.2, -0.15) is 0 Å². The van der Waals surface area contributed by atoms with Crippen molar-refractivity contribution in [2.24, 2.45) is 0 Å². The standard InChI is InChI=1S/C11H13N3S/c1-2-10-8-14-11(15-10)13-7-9-5-3-4-6-12-9/h3-6,8H,2,7H2,1H3,(H,13,14). The maximum atomic E-state index is 4.28. The summed E-state index contributed by atoms with van der Waals surface area (Å²) in [6, 6.07) is 5.91. The van der Waals surface area contributed by atoms with Crippen LogP contribution in [-0.4, -0.2) is 9.97 Å². The fourth-order valence-electron chi connectivity index (χ4n) is 1.22. The highest BCUT2D eigenvalue weighted by atomic mass is 32.1. The summed E-state index contributed by atoms with van der Waals surface area (Å²) >= 11 is 1.70. The van der Waals surface area contributed by atoms with Gasteiger partial charge in [0.2, 0.25) is 0 Å². The van der Waals surface area contributed by atoms with Crippen molar-refractivity contribution in [3.05, 3.63) is 41.2 Å². The van der Waals surface area contributed by atoms with Crippen molar-refractivity contribution < 1.29 is 0 Å². The summed E-state index contributed by atoms with van der Waals surface area (Å²) in [7, 11) is 0. The van der Waals surface area contributed by atoms with Gasteiger partial charge in [0, 0.05) is 17.3 Å². The molecular weight excluding hydrogens is 206 g/mol. The normalized spacial score (nSPS) is 10.2. The van der Waals surface area contributed by atoms with Crippen molar-refractivity contribution in [2.45, 2.75) is 19.9 Å². The Morgan fingerprint density at radius 1 is 1.33 bits per heavy atom. The second-order valence-electron chi connectivity index (χ2n) is 3.16. The third-order valence-corrected chi connectivity index (χ3v) is 3.15. The smallest absolute Gasteiger partial charge is 0.183 e. The monoisotopic (exact) mass is 219 g/mol. The molecule has 2 rings (SSSR count). The Bertz CT molecular complexity index is 411. The molecule has 0 spiro atoms. The van der Waals surface area contributed by atoms with Gasteiger partial charge < -0.3 is 5.32 Å². The third-order valence-electron chi connectivity index (χ3n) is 2.05. The van der Waals surface area contributed by atoms with Crippen molar-refractivity contribution in [1.29, 1.82) is 0 Å². The zero-order valence-corrected chi connectivity index (χ0v) is 9.42. The fraction of sp³-hybridized carbons (Fsp3) is 0.273. The Morgan fingerprint density at radius 3 is 2.93 bits per heavy atom.